The van der Waals surface area contributed by atoms with Gasteiger partial charge < -0.3 is 4.57 Å². The van der Waals surface area contributed by atoms with Gasteiger partial charge in [0.1, 0.15) is 0 Å². The molecule has 0 spiro atoms. The number of rotatable bonds is 4. The molecular formula is C20H17F3N4O. The van der Waals surface area contributed by atoms with Crippen molar-refractivity contribution in [2.75, 3.05) is 0 Å². The van der Waals surface area contributed by atoms with Crippen LogP contribution in [0.15, 0.2) is 60.0 Å². The molecule has 2 aromatic heterocycles. The molecule has 1 N–H and O–H groups in total. The molecule has 1 aromatic carbocycles. The lowest BCUT2D eigenvalue weighted by molar-refractivity contribution is -0.137. The second-order valence-corrected chi connectivity index (χ2v) is 6.14. The highest BCUT2D eigenvalue weighted by Gasteiger charge is 2.30. The van der Waals surface area contributed by atoms with E-state index in [9.17, 15) is 18.0 Å². The number of amides is 1. The zero-order chi connectivity index (χ0) is 20.3. The van der Waals surface area contributed by atoms with E-state index in [0.717, 1.165) is 34.8 Å². The van der Waals surface area contributed by atoms with Crippen LogP contribution < -0.4 is 5.43 Å². The van der Waals surface area contributed by atoms with Crippen molar-refractivity contribution >= 4 is 12.1 Å². The zero-order valence-corrected chi connectivity index (χ0v) is 15.2. The fraction of sp³-hybridized carbons (Fsp3) is 0.150. The third-order valence-corrected chi connectivity index (χ3v) is 4.21. The summed E-state index contributed by atoms with van der Waals surface area (Å²) in [6.07, 6.45) is 0.337. The van der Waals surface area contributed by atoms with Gasteiger partial charge in [-0.3, -0.25) is 9.78 Å². The Hall–Kier alpha value is -3.42. The molecule has 3 rings (SSSR count). The van der Waals surface area contributed by atoms with Crippen LogP contribution in [0.3, 0.4) is 0 Å². The van der Waals surface area contributed by atoms with E-state index in [0.29, 0.717) is 0 Å². The van der Waals surface area contributed by atoms with Crippen molar-refractivity contribution < 1.29 is 18.0 Å². The van der Waals surface area contributed by atoms with Gasteiger partial charge in [0.2, 0.25) is 0 Å². The Morgan fingerprint density at radius 2 is 1.86 bits per heavy atom. The number of carbonyl (C=O) groups is 1. The standard InChI is InChI=1S/C20H17F3N4O/c1-13-10-16(14(2)27(13)18-6-8-24-9-7-18)12-25-26-19(28)15-4-3-5-17(11-15)20(21,22)23/h3-12H,1-2H3,(H,26,28)/b25-12-. The predicted molar refractivity (Wildman–Crippen MR) is 99.5 cm³/mol. The van der Waals surface area contributed by atoms with E-state index in [4.69, 9.17) is 0 Å². The minimum absolute atomic E-state index is 0.116. The zero-order valence-electron chi connectivity index (χ0n) is 15.2. The smallest absolute Gasteiger partial charge is 0.318 e. The Balaban J connectivity index is 1.76. The number of halogens is 3. The van der Waals surface area contributed by atoms with Gasteiger partial charge in [-0.25, -0.2) is 5.43 Å². The third-order valence-electron chi connectivity index (χ3n) is 4.21. The molecule has 0 radical (unpaired) electrons. The number of hydrogen-bond donors (Lipinski definition) is 1. The van der Waals surface area contributed by atoms with Crippen LogP contribution in [0.1, 0.15) is 32.9 Å². The number of hydrogen-bond acceptors (Lipinski definition) is 3. The second-order valence-electron chi connectivity index (χ2n) is 6.14. The normalized spacial score (nSPS) is 11.8. The fourth-order valence-electron chi connectivity index (χ4n) is 2.87. The number of aryl methyl sites for hydroxylation is 1. The molecule has 0 aliphatic rings. The molecule has 1 amide bonds. The van der Waals surface area contributed by atoms with E-state index < -0.39 is 17.6 Å². The Kier molecular flexibility index (Phi) is 5.30. The molecule has 0 saturated carbocycles. The summed E-state index contributed by atoms with van der Waals surface area (Å²) in [5.41, 5.74) is 4.85. The first kappa shape index (κ1) is 19.3. The average molecular weight is 386 g/mol. The molecule has 0 unspecified atom stereocenters. The molecule has 8 heteroatoms. The largest absolute Gasteiger partial charge is 0.416 e. The van der Waals surface area contributed by atoms with Crippen molar-refractivity contribution in [1.82, 2.24) is 15.0 Å². The van der Waals surface area contributed by atoms with E-state index >= 15 is 0 Å². The molecule has 0 fully saturated rings. The van der Waals surface area contributed by atoms with Crippen molar-refractivity contribution in [3.05, 3.63) is 82.9 Å². The molecule has 28 heavy (non-hydrogen) atoms. The summed E-state index contributed by atoms with van der Waals surface area (Å²) in [4.78, 5) is 16.1. The van der Waals surface area contributed by atoms with Crippen LogP contribution in [0.25, 0.3) is 5.69 Å². The van der Waals surface area contributed by atoms with Gasteiger partial charge in [0, 0.05) is 40.6 Å². The summed E-state index contributed by atoms with van der Waals surface area (Å²) in [6.45, 7) is 3.84. The van der Waals surface area contributed by atoms with Crippen LogP contribution in [0.4, 0.5) is 13.2 Å². The Morgan fingerprint density at radius 3 is 2.54 bits per heavy atom. The first-order chi connectivity index (χ1) is 13.3. The quantitative estimate of drug-likeness (QED) is 0.538. The Bertz CT molecular complexity index is 1020. The first-order valence-electron chi connectivity index (χ1n) is 8.37. The minimum atomic E-state index is -4.51. The van der Waals surface area contributed by atoms with Crippen molar-refractivity contribution in [3.8, 4) is 5.69 Å². The lowest BCUT2D eigenvalue weighted by Gasteiger charge is -2.08. The fourth-order valence-corrected chi connectivity index (χ4v) is 2.87. The maximum absolute atomic E-state index is 12.8. The number of carbonyl (C=O) groups excluding carboxylic acids is 1. The van der Waals surface area contributed by atoms with Gasteiger partial charge >= 0.3 is 6.18 Å². The van der Waals surface area contributed by atoms with E-state index in [1.807, 2.05) is 36.6 Å². The van der Waals surface area contributed by atoms with Crippen LogP contribution >= 0.6 is 0 Å². The summed E-state index contributed by atoms with van der Waals surface area (Å²) in [5.74, 6) is -0.717. The number of hydrazone groups is 1. The lowest BCUT2D eigenvalue weighted by Crippen LogP contribution is -2.18. The van der Waals surface area contributed by atoms with Gasteiger partial charge in [-0.2, -0.15) is 18.3 Å². The predicted octanol–water partition coefficient (Wildman–Crippen LogP) is 4.27. The van der Waals surface area contributed by atoms with Gasteiger partial charge in [0.05, 0.1) is 11.8 Å². The number of nitrogens with zero attached hydrogens (tertiary/aromatic N) is 3. The maximum atomic E-state index is 12.8. The first-order valence-corrected chi connectivity index (χ1v) is 8.37. The van der Waals surface area contributed by atoms with Gasteiger partial charge in [-0.1, -0.05) is 6.07 Å². The van der Waals surface area contributed by atoms with Crippen molar-refractivity contribution in [2.24, 2.45) is 5.10 Å². The van der Waals surface area contributed by atoms with Crippen molar-refractivity contribution in [2.45, 2.75) is 20.0 Å². The molecule has 0 aliphatic carbocycles. The van der Waals surface area contributed by atoms with Crippen LogP contribution in [0, 0.1) is 13.8 Å². The van der Waals surface area contributed by atoms with E-state index in [1.54, 1.807) is 12.4 Å². The van der Waals surface area contributed by atoms with E-state index in [-0.39, 0.29) is 5.56 Å². The number of alkyl halides is 3. The molecule has 3 aromatic rings. The number of aromatic nitrogens is 2. The second kappa shape index (κ2) is 7.67. The van der Waals surface area contributed by atoms with Crippen molar-refractivity contribution in [3.63, 3.8) is 0 Å². The van der Waals surface area contributed by atoms with E-state index in [1.165, 1.54) is 18.3 Å². The summed E-state index contributed by atoms with van der Waals surface area (Å²) >= 11 is 0. The summed E-state index contributed by atoms with van der Waals surface area (Å²) in [6, 6.07) is 9.83. The number of nitrogens with one attached hydrogen (secondary N) is 1. The van der Waals surface area contributed by atoms with Gasteiger partial charge in [0.15, 0.2) is 0 Å². The van der Waals surface area contributed by atoms with Gasteiger partial charge in [-0.05, 0) is 50.2 Å². The lowest BCUT2D eigenvalue weighted by atomic mass is 10.1. The number of pyridine rings is 1. The molecule has 0 atom stereocenters. The molecular weight excluding hydrogens is 369 g/mol. The summed E-state index contributed by atoms with van der Waals surface area (Å²) < 4.78 is 40.3. The molecule has 0 bridgehead atoms. The third kappa shape index (κ3) is 4.11. The topological polar surface area (TPSA) is 59.3 Å². The molecule has 144 valence electrons. The van der Waals surface area contributed by atoms with Crippen LogP contribution in [-0.2, 0) is 6.18 Å². The van der Waals surface area contributed by atoms with Gasteiger partial charge in [0.25, 0.3) is 5.91 Å². The van der Waals surface area contributed by atoms with Crippen LogP contribution in [-0.4, -0.2) is 21.7 Å². The summed E-state index contributed by atoms with van der Waals surface area (Å²) in [7, 11) is 0. The highest BCUT2D eigenvalue weighted by Crippen LogP contribution is 2.29. The Morgan fingerprint density at radius 1 is 1.14 bits per heavy atom. The van der Waals surface area contributed by atoms with Crippen LogP contribution in [0.2, 0.25) is 0 Å². The molecule has 0 saturated heterocycles. The highest BCUT2D eigenvalue weighted by molar-refractivity contribution is 5.95. The number of benzene rings is 1. The molecule has 5 nitrogen and oxygen atoms in total. The van der Waals surface area contributed by atoms with Gasteiger partial charge in [-0.15, -0.1) is 0 Å². The molecule has 2 heterocycles. The van der Waals surface area contributed by atoms with Crippen molar-refractivity contribution in [1.29, 1.82) is 0 Å². The monoisotopic (exact) mass is 386 g/mol. The maximum Gasteiger partial charge on any atom is 0.416 e. The van der Waals surface area contributed by atoms with Crippen LogP contribution in [0.5, 0.6) is 0 Å². The summed E-state index contributed by atoms with van der Waals surface area (Å²) in [5, 5.41) is 3.89. The highest BCUT2D eigenvalue weighted by atomic mass is 19.4. The average Bonchev–Trinajstić information content (AvgIpc) is 2.95. The minimum Gasteiger partial charge on any atom is -0.318 e. The Labute approximate surface area is 159 Å². The SMILES string of the molecule is Cc1cc(/C=N\NC(=O)c2cccc(C(F)(F)F)c2)c(C)n1-c1ccncc1. The molecule has 0 aliphatic heterocycles. The van der Waals surface area contributed by atoms with E-state index in [2.05, 4.69) is 15.5 Å².